The molecule has 1 heterocycles. The number of nitrogens with one attached hydrogen (secondary N) is 2. The first-order valence-corrected chi connectivity index (χ1v) is 16.3. The lowest BCUT2D eigenvalue weighted by Gasteiger charge is -2.39. The van der Waals surface area contributed by atoms with Gasteiger partial charge in [-0.15, -0.1) is 0 Å². The molecular formula is C30H44N4O4S. The number of sulfonamides is 1. The van der Waals surface area contributed by atoms with Gasteiger partial charge in [0.25, 0.3) is 0 Å². The van der Waals surface area contributed by atoms with Gasteiger partial charge >= 0.3 is 0 Å². The van der Waals surface area contributed by atoms with E-state index in [-0.39, 0.29) is 11.9 Å². The van der Waals surface area contributed by atoms with Gasteiger partial charge in [-0.1, -0.05) is 51.2 Å². The molecule has 1 saturated carbocycles. The molecule has 1 aliphatic heterocycles. The van der Waals surface area contributed by atoms with Crippen molar-refractivity contribution in [2.75, 3.05) is 37.2 Å². The fourth-order valence-corrected chi connectivity index (χ4v) is 6.08. The number of nitrogens with zero attached hydrogens (tertiary/aromatic N) is 2. The number of ether oxygens (including phenoxy) is 1. The van der Waals surface area contributed by atoms with E-state index >= 15 is 0 Å². The molecule has 1 aliphatic carbocycles. The van der Waals surface area contributed by atoms with E-state index in [1.165, 1.54) is 24.8 Å². The van der Waals surface area contributed by atoms with Crippen molar-refractivity contribution in [3.05, 3.63) is 54.1 Å². The van der Waals surface area contributed by atoms with Gasteiger partial charge in [-0.3, -0.25) is 19.3 Å². The minimum Gasteiger partial charge on any atom is -0.457 e. The van der Waals surface area contributed by atoms with E-state index in [2.05, 4.69) is 38.9 Å². The molecule has 39 heavy (non-hydrogen) atoms. The van der Waals surface area contributed by atoms with E-state index in [0.29, 0.717) is 17.5 Å². The van der Waals surface area contributed by atoms with Crippen molar-refractivity contribution in [2.24, 2.45) is 0 Å². The Kier molecular flexibility index (Phi) is 10.6. The first-order valence-electron chi connectivity index (χ1n) is 14.4. The van der Waals surface area contributed by atoms with Crippen LogP contribution < -0.4 is 14.8 Å². The summed E-state index contributed by atoms with van der Waals surface area (Å²) < 4.78 is 31.1. The van der Waals surface area contributed by atoms with Crippen molar-refractivity contribution in [3.8, 4) is 11.5 Å². The molecule has 4 rings (SSSR count). The Morgan fingerprint density at radius 1 is 0.949 bits per heavy atom. The second-order valence-electron chi connectivity index (χ2n) is 11.0. The maximum Gasteiger partial charge on any atom is 0.237 e. The minimum atomic E-state index is -3.30. The molecule has 0 aromatic heterocycles. The van der Waals surface area contributed by atoms with Gasteiger partial charge in [-0.2, -0.15) is 0 Å². The average molecular weight is 557 g/mol. The van der Waals surface area contributed by atoms with Gasteiger partial charge in [-0.05, 0) is 61.2 Å². The van der Waals surface area contributed by atoms with Crippen LogP contribution in [0.4, 0.5) is 5.69 Å². The number of carbonyl (C=O) groups is 1. The number of anilines is 1. The normalized spacial score (nSPS) is 18.4. The average Bonchev–Trinajstić information content (AvgIpc) is 2.92. The molecule has 214 valence electrons. The second-order valence-corrected chi connectivity index (χ2v) is 12.7. The molecule has 0 spiro atoms. The highest BCUT2D eigenvalue weighted by molar-refractivity contribution is 7.92. The quantitative estimate of drug-likeness (QED) is 0.383. The summed E-state index contributed by atoms with van der Waals surface area (Å²) in [5.74, 6) is 1.61. The van der Waals surface area contributed by atoms with Gasteiger partial charge in [0.1, 0.15) is 11.5 Å². The molecule has 8 nitrogen and oxygen atoms in total. The topological polar surface area (TPSA) is 91.0 Å². The van der Waals surface area contributed by atoms with E-state index in [4.69, 9.17) is 4.74 Å². The van der Waals surface area contributed by atoms with E-state index in [0.717, 1.165) is 76.8 Å². The highest BCUT2D eigenvalue weighted by Gasteiger charge is 2.30. The molecular weight excluding hydrogens is 512 g/mol. The van der Waals surface area contributed by atoms with Gasteiger partial charge in [-0.25, -0.2) is 8.42 Å². The van der Waals surface area contributed by atoms with E-state index < -0.39 is 10.0 Å². The maximum atomic E-state index is 13.2. The zero-order valence-corrected chi connectivity index (χ0v) is 24.2. The van der Waals surface area contributed by atoms with Crippen molar-refractivity contribution in [1.82, 2.24) is 15.1 Å². The smallest absolute Gasteiger partial charge is 0.237 e. The molecule has 2 aliphatic rings. The van der Waals surface area contributed by atoms with Crippen molar-refractivity contribution in [2.45, 2.75) is 76.9 Å². The Balaban J connectivity index is 1.25. The van der Waals surface area contributed by atoms with Gasteiger partial charge in [0.05, 0.1) is 12.3 Å². The molecule has 2 N–H and O–H groups in total. The van der Waals surface area contributed by atoms with Crippen LogP contribution in [-0.2, 0) is 21.4 Å². The first kappa shape index (κ1) is 29.4. The van der Waals surface area contributed by atoms with Crippen LogP contribution in [0.25, 0.3) is 0 Å². The molecule has 2 aromatic carbocycles. The van der Waals surface area contributed by atoms with E-state index in [9.17, 15) is 13.2 Å². The molecule has 0 bridgehead atoms. The largest absolute Gasteiger partial charge is 0.457 e. The van der Waals surface area contributed by atoms with E-state index in [1.807, 2.05) is 12.1 Å². The third-order valence-corrected chi connectivity index (χ3v) is 8.26. The number of carbonyl (C=O) groups excluding carboxylic acids is 1. The zero-order valence-electron chi connectivity index (χ0n) is 23.4. The lowest BCUT2D eigenvalue weighted by atomic mass is 9.95. The standard InChI is InChI=1S/C30H44N4O4S/c1-3-4-10-29(30(35)31-25-8-6-5-7-9-25)34-21-19-33(20-22-34)23-24-11-15-27(16-12-24)38-28-17-13-26(14-18-28)32-39(2,36)37/h11-18,25,29,32H,3-10,19-23H2,1-2H3,(H,31,35). The summed E-state index contributed by atoms with van der Waals surface area (Å²) in [7, 11) is -3.30. The number of amides is 1. The van der Waals surface area contributed by atoms with Crippen LogP contribution in [0, 0.1) is 0 Å². The number of unbranched alkanes of at least 4 members (excludes halogenated alkanes) is 1. The first-order chi connectivity index (χ1) is 18.8. The summed E-state index contributed by atoms with van der Waals surface area (Å²) in [6, 6.07) is 15.3. The highest BCUT2D eigenvalue weighted by Crippen LogP contribution is 2.25. The lowest BCUT2D eigenvalue weighted by Crippen LogP contribution is -2.56. The third kappa shape index (κ3) is 9.51. The predicted molar refractivity (Wildman–Crippen MR) is 157 cm³/mol. The maximum absolute atomic E-state index is 13.2. The second kappa shape index (κ2) is 14.1. The summed E-state index contributed by atoms with van der Waals surface area (Å²) >= 11 is 0. The number of rotatable bonds is 12. The number of hydrogen-bond donors (Lipinski definition) is 2. The van der Waals surface area contributed by atoms with Gasteiger partial charge < -0.3 is 10.1 Å². The van der Waals surface area contributed by atoms with Crippen LogP contribution >= 0.6 is 0 Å². The minimum absolute atomic E-state index is 0.0123. The van der Waals surface area contributed by atoms with E-state index in [1.54, 1.807) is 24.3 Å². The highest BCUT2D eigenvalue weighted by atomic mass is 32.2. The van der Waals surface area contributed by atoms with Gasteiger partial charge in [0, 0.05) is 44.5 Å². The molecule has 1 atom stereocenters. The Bertz CT molecular complexity index is 1140. The Morgan fingerprint density at radius 2 is 1.56 bits per heavy atom. The van der Waals surface area contributed by atoms with Crippen LogP contribution in [0.1, 0.15) is 63.9 Å². The summed E-state index contributed by atoms with van der Waals surface area (Å²) in [6.07, 6.45) is 10.3. The Morgan fingerprint density at radius 3 is 2.15 bits per heavy atom. The van der Waals surface area contributed by atoms with Crippen LogP contribution in [0.5, 0.6) is 11.5 Å². The Labute approximate surface area is 234 Å². The molecule has 0 radical (unpaired) electrons. The van der Waals surface area contributed by atoms with Crippen molar-refractivity contribution in [1.29, 1.82) is 0 Å². The molecule has 2 aromatic rings. The molecule has 9 heteroatoms. The third-order valence-electron chi connectivity index (χ3n) is 7.66. The predicted octanol–water partition coefficient (Wildman–Crippen LogP) is 4.98. The SMILES string of the molecule is CCCCC(C(=O)NC1CCCCC1)N1CCN(Cc2ccc(Oc3ccc(NS(C)(=O)=O)cc3)cc2)CC1. The fraction of sp³-hybridized carbons (Fsp3) is 0.567. The summed E-state index contributed by atoms with van der Waals surface area (Å²) in [6.45, 7) is 6.79. The zero-order chi connectivity index (χ0) is 27.7. The summed E-state index contributed by atoms with van der Waals surface area (Å²) in [5.41, 5.74) is 1.72. The number of benzene rings is 2. The lowest BCUT2D eigenvalue weighted by molar-refractivity contribution is -0.128. The monoisotopic (exact) mass is 556 g/mol. The summed E-state index contributed by atoms with van der Waals surface area (Å²) in [4.78, 5) is 18.1. The molecule has 1 amide bonds. The van der Waals surface area contributed by atoms with Crippen LogP contribution in [0.3, 0.4) is 0 Å². The summed E-state index contributed by atoms with van der Waals surface area (Å²) in [5, 5.41) is 3.38. The van der Waals surface area contributed by atoms with Gasteiger partial charge in [0.15, 0.2) is 0 Å². The molecule has 1 unspecified atom stereocenters. The van der Waals surface area contributed by atoms with Crippen LogP contribution in [0.2, 0.25) is 0 Å². The Hall–Kier alpha value is -2.62. The number of piperazine rings is 1. The van der Waals surface area contributed by atoms with Crippen LogP contribution in [-0.4, -0.2) is 68.6 Å². The fourth-order valence-electron chi connectivity index (χ4n) is 5.52. The van der Waals surface area contributed by atoms with Crippen molar-refractivity contribution in [3.63, 3.8) is 0 Å². The van der Waals surface area contributed by atoms with Crippen LogP contribution in [0.15, 0.2) is 48.5 Å². The molecule has 1 saturated heterocycles. The molecule has 2 fully saturated rings. The number of hydrogen-bond acceptors (Lipinski definition) is 6. The van der Waals surface area contributed by atoms with Gasteiger partial charge in [0.2, 0.25) is 15.9 Å². The van der Waals surface area contributed by atoms with Crippen molar-refractivity contribution >= 4 is 21.6 Å². The van der Waals surface area contributed by atoms with Crippen molar-refractivity contribution < 1.29 is 17.9 Å².